The van der Waals surface area contributed by atoms with Crippen molar-refractivity contribution in [2.75, 3.05) is 33.4 Å². The molecule has 0 N–H and O–H groups in total. The lowest BCUT2D eigenvalue weighted by Crippen LogP contribution is -2.51. The van der Waals surface area contributed by atoms with Crippen LogP contribution in [0.25, 0.3) is 0 Å². The number of hydrogen-bond acceptors (Lipinski definition) is 6. The third-order valence-electron chi connectivity index (χ3n) is 5.22. The van der Waals surface area contributed by atoms with E-state index in [1.165, 1.54) is 6.08 Å². The molecule has 1 unspecified atom stereocenters. The summed E-state index contributed by atoms with van der Waals surface area (Å²) < 4.78 is 16.0. The second-order valence-electron chi connectivity index (χ2n) is 8.01. The lowest BCUT2D eigenvalue weighted by Gasteiger charge is -2.40. The Kier molecular flexibility index (Phi) is 4.72. The molecular formula is C18H26N2O6. The van der Waals surface area contributed by atoms with Crippen molar-refractivity contribution in [2.45, 2.75) is 45.3 Å². The van der Waals surface area contributed by atoms with Crippen molar-refractivity contribution < 1.29 is 28.6 Å². The Morgan fingerprint density at radius 3 is 2.42 bits per heavy atom. The fourth-order valence-electron chi connectivity index (χ4n) is 3.85. The fourth-order valence-corrected chi connectivity index (χ4v) is 3.85. The van der Waals surface area contributed by atoms with Gasteiger partial charge in [0.2, 0.25) is 5.91 Å². The highest BCUT2D eigenvalue weighted by atomic mass is 16.6. The predicted molar refractivity (Wildman–Crippen MR) is 91.0 cm³/mol. The molecule has 3 heterocycles. The van der Waals surface area contributed by atoms with Crippen LogP contribution in [0.4, 0.5) is 4.79 Å². The molecule has 144 valence electrons. The van der Waals surface area contributed by atoms with E-state index in [0.717, 1.165) is 0 Å². The molecule has 3 rings (SSSR count). The summed E-state index contributed by atoms with van der Waals surface area (Å²) in [7, 11) is 1.59. The second-order valence-corrected chi connectivity index (χ2v) is 8.01. The molecule has 1 atom stereocenters. The van der Waals surface area contributed by atoms with Gasteiger partial charge in [0.25, 0.3) is 0 Å². The van der Waals surface area contributed by atoms with Gasteiger partial charge >= 0.3 is 12.1 Å². The predicted octanol–water partition coefficient (Wildman–Crippen LogP) is 1.30. The van der Waals surface area contributed by atoms with Gasteiger partial charge in [-0.05, 0) is 33.6 Å². The van der Waals surface area contributed by atoms with Crippen LogP contribution in [0, 0.1) is 5.41 Å². The number of cyclic esters (lactones) is 1. The van der Waals surface area contributed by atoms with Gasteiger partial charge in [-0.15, -0.1) is 0 Å². The largest absolute Gasteiger partial charge is 0.456 e. The van der Waals surface area contributed by atoms with Crippen LogP contribution in [-0.2, 0) is 23.8 Å². The zero-order valence-corrected chi connectivity index (χ0v) is 15.7. The lowest BCUT2D eigenvalue weighted by molar-refractivity contribution is -0.141. The average molecular weight is 366 g/mol. The van der Waals surface area contributed by atoms with Crippen LogP contribution in [0.2, 0.25) is 0 Å². The van der Waals surface area contributed by atoms with Crippen LogP contribution < -0.4 is 0 Å². The highest BCUT2D eigenvalue weighted by Crippen LogP contribution is 2.44. The SMILES string of the molecule is COC1CN(C2=CC(=O)OC2)C(=O)C12CCN(C(=O)OC(C)(C)C)CC2. The van der Waals surface area contributed by atoms with Crippen LogP contribution in [0.3, 0.4) is 0 Å². The molecule has 1 spiro atoms. The zero-order chi connectivity index (χ0) is 19.1. The minimum atomic E-state index is -0.681. The molecule has 2 fully saturated rings. The van der Waals surface area contributed by atoms with E-state index in [4.69, 9.17) is 14.2 Å². The number of likely N-dealkylation sites (tertiary alicyclic amines) is 2. The Balaban J connectivity index is 1.72. The summed E-state index contributed by atoms with van der Waals surface area (Å²) in [4.78, 5) is 40.0. The van der Waals surface area contributed by atoms with Crippen molar-refractivity contribution in [2.24, 2.45) is 5.41 Å². The van der Waals surface area contributed by atoms with Crippen molar-refractivity contribution in [3.8, 4) is 0 Å². The Hall–Kier alpha value is -2.09. The number of rotatable bonds is 2. The van der Waals surface area contributed by atoms with Crippen LogP contribution in [-0.4, -0.2) is 72.8 Å². The van der Waals surface area contributed by atoms with Gasteiger partial charge < -0.3 is 24.0 Å². The summed E-state index contributed by atoms with van der Waals surface area (Å²) in [5.41, 5.74) is -0.656. The maximum absolute atomic E-state index is 13.2. The molecule has 8 nitrogen and oxygen atoms in total. The molecule has 0 aliphatic carbocycles. The van der Waals surface area contributed by atoms with Crippen LogP contribution in [0.5, 0.6) is 0 Å². The van der Waals surface area contributed by atoms with Gasteiger partial charge in [-0.25, -0.2) is 9.59 Å². The molecule has 26 heavy (non-hydrogen) atoms. The van der Waals surface area contributed by atoms with Crippen LogP contribution >= 0.6 is 0 Å². The van der Waals surface area contributed by atoms with Crippen molar-refractivity contribution in [3.63, 3.8) is 0 Å². The maximum Gasteiger partial charge on any atom is 0.410 e. The molecule has 2 saturated heterocycles. The van der Waals surface area contributed by atoms with Crippen molar-refractivity contribution in [3.05, 3.63) is 11.8 Å². The number of ether oxygens (including phenoxy) is 3. The van der Waals surface area contributed by atoms with Crippen LogP contribution in [0.1, 0.15) is 33.6 Å². The molecule has 3 aliphatic heterocycles. The number of methoxy groups -OCH3 is 1. The van der Waals surface area contributed by atoms with E-state index in [0.29, 0.717) is 38.2 Å². The topological polar surface area (TPSA) is 85.4 Å². The Bertz CT molecular complexity index is 643. The smallest absolute Gasteiger partial charge is 0.410 e. The highest BCUT2D eigenvalue weighted by Gasteiger charge is 2.57. The summed E-state index contributed by atoms with van der Waals surface area (Å²) in [6.07, 6.45) is 1.72. The van der Waals surface area contributed by atoms with Gasteiger partial charge in [-0.2, -0.15) is 0 Å². The number of amides is 2. The molecule has 3 aliphatic rings. The van der Waals surface area contributed by atoms with E-state index in [1.807, 2.05) is 20.8 Å². The van der Waals surface area contributed by atoms with Crippen LogP contribution in [0.15, 0.2) is 11.8 Å². The van der Waals surface area contributed by atoms with Gasteiger partial charge in [0.1, 0.15) is 12.2 Å². The van der Waals surface area contributed by atoms with E-state index >= 15 is 0 Å². The van der Waals surface area contributed by atoms with E-state index in [9.17, 15) is 14.4 Å². The maximum atomic E-state index is 13.2. The molecule has 0 aromatic carbocycles. The van der Waals surface area contributed by atoms with E-state index < -0.39 is 17.0 Å². The number of nitrogens with zero attached hydrogens (tertiary/aromatic N) is 2. The molecule has 0 aromatic heterocycles. The number of piperidine rings is 1. The number of carbonyl (C=O) groups excluding carboxylic acids is 3. The Morgan fingerprint density at radius 2 is 1.92 bits per heavy atom. The standard InChI is InChI=1S/C18H26N2O6/c1-17(2,3)26-16(23)19-7-5-18(6-8-19)13(24-4)10-20(15(18)22)12-9-14(21)25-11-12/h9,13H,5-8,10-11H2,1-4H3. The molecular weight excluding hydrogens is 340 g/mol. The van der Waals surface area contributed by atoms with Crippen molar-refractivity contribution in [1.29, 1.82) is 0 Å². The zero-order valence-electron chi connectivity index (χ0n) is 15.7. The quantitative estimate of drug-likeness (QED) is 0.685. The van der Waals surface area contributed by atoms with Crippen molar-refractivity contribution in [1.82, 2.24) is 9.80 Å². The highest BCUT2D eigenvalue weighted by molar-refractivity contribution is 5.91. The summed E-state index contributed by atoms with van der Waals surface area (Å²) in [5.74, 6) is -0.486. The third-order valence-corrected chi connectivity index (χ3v) is 5.22. The van der Waals surface area contributed by atoms with Gasteiger partial charge in [0.15, 0.2) is 0 Å². The van der Waals surface area contributed by atoms with Gasteiger partial charge in [-0.3, -0.25) is 4.79 Å². The Labute approximate surface area is 153 Å². The minimum Gasteiger partial charge on any atom is -0.456 e. The molecule has 8 heteroatoms. The normalized spacial score (nSPS) is 25.5. The Morgan fingerprint density at radius 1 is 1.27 bits per heavy atom. The van der Waals surface area contributed by atoms with Gasteiger partial charge in [-0.1, -0.05) is 0 Å². The molecule has 2 amide bonds. The molecule has 0 aromatic rings. The van der Waals surface area contributed by atoms with E-state index in [2.05, 4.69) is 0 Å². The lowest BCUT2D eigenvalue weighted by atomic mass is 9.75. The first-order valence-corrected chi connectivity index (χ1v) is 8.86. The number of esters is 1. The first-order chi connectivity index (χ1) is 12.2. The minimum absolute atomic E-state index is 0.0576. The number of carbonyl (C=O) groups is 3. The summed E-state index contributed by atoms with van der Waals surface area (Å²) >= 11 is 0. The van der Waals surface area contributed by atoms with Crippen molar-refractivity contribution >= 4 is 18.0 Å². The first-order valence-electron chi connectivity index (χ1n) is 8.86. The summed E-state index contributed by atoms with van der Waals surface area (Å²) in [6, 6.07) is 0. The average Bonchev–Trinajstić information content (AvgIpc) is 3.10. The summed E-state index contributed by atoms with van der Waals surface area (Å²) in [6.45, 7) is 6.86. The van der Waals surface area contributed by atoms with Gasteiger partial charge in [0.05, 0.1) is 23.8 Å². The second kappa shape index (κ2) is 6.57. The number of hydrogen-bond donors (Lipinski definition) is 0. The van der Waals surface area contributed by atoms with Gasteiger partial charge in [0, 0.05) is 26.3 Å². The fraction of sp³-hybridized carbons (Fsp3) is 0.722. The molecule has 0 saturated carbocycles. The molecule has 0 radical (unpaired) electrons. The monoisotopic (exact) mass is 366 g/mol. The summed E-state index contributed by atoms with van der Waals surface area (Å²) in [5, 5.41) is 0. The van der Waals surface area contributed by atoms with E-state index in [-0.39, 0.29) is 24.7 Å². The third kappa shape index (κ3) is 3.30. The first kappa shape index (κ1) is 18.7. The van der Waals surface area contributed by atoms with E-state index in [1.54, 1.807) is 16.9 Å². The molecule has 0 bridgehead atoms.